The summed E-state index contributed by atoms with van der Waals surface area (Å²) in [6.07, 6.45) is 3.20. The highest BCUT2D eigenvalue weighted by Crippen LogP contribution is 2.29. The van der Waals surface area contributed by atoms with Crippen LogP contribution in [0.3, 0.4) is 0 Å². The lowest BCUT2D eigenvalue weighted by Crippen LogP contribution is -2.40. The molecule has 1 heterocycles. The highest BCUT2D eigenvalue weighted by atomic mass is 16.3. The molecule has 0 saturated heterocycles. The van der Waals surface area contributed by atoms with E-state index in [9.17, 15) is 5.11 Å². The Morgan fingerprint density at radius 3 is 2.00 bits per heavy atom. The molecule has 1 atom stereocenters. The van der Waals surface area contributed by atoms with Crippen LogP contribution in [0.2, 0.25) is 0 Å². The van der Waals surface area contributed by atoms with Crippen molar-refractivity contribution in [3.63, 3.8) is 0 Å². The lowest BCUT2D eigenvalue weighted by molar-refractivity contribution is 0.126. The number of nitrogens with zero attached hydrogens (tertiary/aromatic N) is 1. The van der Waals surface area contributed by atoms with Crippen LogP contribution in [0.25, 0.3) is 16.7 Å². The van der Waals surface area contributed by atoms with Crippen LogP contribution >= 0.6 is 0 Å². The fraction of sp³-hybridized carbons (Fsp3) is 0.200. The fourth-order valence-electron chi connectivity index (χ4n) is 3.78. The van der Waals surface area contributed by atoms with Crippen molar-refractivity contribution in [2.45, 2.75) is 19.0 Å². The average molecular weight is 355 g/mol. The van der Waals surface area contributed by atoms with Crippen LogP contribution in [0.15, 0.2) is 91.0 Å². The van der Waals surface area contributed by atoms with Crippen molar-refractivity contribution in [3.05, 3.63) is 102 Å². The summed E-state index contributed by atoms with van der Waals surface area (Å²) < 4.78 is 0. The van der Waals surface area contributed by atoms with Gasteiger partial charge in [0, 0.05) is 19.1 Å². The van der Waals surface area contributed by atoms with E-state index in [-0.39, 0.29) is 12.6 Å². The Hall–Kier alpha value is -2.68. The second kappa shape index (κ2) is 8.34. The number of aliphatic hydroxyl groups is 1. The van der Waals surface area contributed by atoms with E-state index in [2.05, 4.69) is 83.8 Å². The zero-order chi connectivity index (χ0) is 18.5. The highest BCUT2D eigenvalue weighted by Gasteiger charge is 2.23. The molecule has 0 saturated carbocycles. The molecule has 0 aromatic heterocycles. The predicted molar refractivity (Wildman–Crippen MR) is 112 cm³/mol. The Bertz CT molecular complexity index is 885. The fourth-order valence-corrected chi connectivity index (χ4v) is 3.78. The van der Waals surface area contributed by atoms with Crippen molar-refractivity contribution in [1.29, 1.82) is 0 Å². The van der Waals surface area contributed by atoms with Gasteiger partial charge >= 0.3 is 0 Å². The number of rotatable bonds is 5. The summed E-state index contributed by atoms with van der Waals surface area (Å²) in [6, 6.07) is 29.9. The van der Waals surface area contributed by atoms with E-state index in [1.165, 1.54) is 27.8 Å². The second-order valence-corrected chi connectivity index (χ2v) is 7.13. The molecule has 0 amide bonds. The van der Waals surface area contributed by atoms with E-state index < -0.39 is 0 Å². The maximum Gasteiger partial charge on any atom is 0.0590 e. The van der Waals surface area contributed by atoms with E-state index >= 15 is 0 Å². The first-order valence-electron chi connectivity index (χ1n) is 9.57. The lowest BCUT2D eigenvalue weighted by Gasteiger charge is -2.34. The molecular weight excluding hydrogens is 330 g/mol. The average Bonchev–Trinajstić information content (AvgIpc) is 2.75. The van der Waals surface area contributed by atoms with Crippen LogP contribution in [0.4, 0.5) is 0 Å². The third-order valence-corrected chi connectivity index (χ3v) is 5.35. The summed E-state index contributed by atoms with van der Waals surface area (Å²) in [4.78, 5) is 2.36. The van der Waals surface area contributed by atoms with Gasteiger partial charge in [-0.05, 0) is 34.2 Å². The van der Waals surface area contributed by atoms with Crippen molar-refractivity contribution in [1.82, 2.24) is 4.90 Å². The van der Waals surface area contributed by atoms with Gasteiger partial charge in [-0.25, -0.2) is 0 Å². The van der Waals surface area contributed by atoms with Crippen molar-refractivity contribution in [2.24, 2.45) is 0 Å². The van der Waals surface area contributed by atoms with E-state index in [4.69, 9.17) is 0 Å². The molecule has 2 heteroatoms. The Kier molecular flexibility index (Phi) is 5.47. The largest absolute Gasteiger partial charge is 0.395 e. The van der Waals surface area contributed by atoms with Crippen molar-refractivity contribution >= 4 is 5.57 Å². The van der Waals surface area contributed by atoms with Gasteiger partial charge in [-0.2, -0.15) is 0 Å². The van der Waals surface area contributed by atoms with E-state index in [0.29, 0.717) is 0 Å². The van der Waals surface area contributed by atoms with Gasteiger partial charge in [0.05, 0.1) is 6.61 Å². The molecule has 1 unspecified atom stereocenters. The van der Waals surface area contributed by atoms with Gasteiger partial charge in [-0.15, -0.1) is 0 Å². The summed E-state index contributed by atoms with van der Waals surface area (Å²) >= 11 is 0. The van der Waals surface area contributed by atoms with E-state index in [1.54, 1.807) is 0 Å². The molecule has 4 rings (SSSR count). The van der Waals surface area contributed by atoms with Crippen LogP contribution in [0, 0.1) is 0 Å². The van der Waals surface area contributed by atoms with Crippen molar-refractivity contribution in [2.75, 3.05) is 13.2 Å². The van der Waals surface area contributed by atoms with E-state index in [1.807, 2.05) is 12.1 Å². The Morgan fingerprint density at radius 2 is 1.33 bits per heavy atom. The zero-order valence-electron chi connectivity index (χ0n) is 15.5. The van der Waals surface area contributed by atoms with Crippen LogP contribution < -0.4 is 0 Å². The van der Waals surface area contributed by atoms with Gasteiger partial charge in [-0.3, -0.25) is 4.90 Å². The molecule has 3 aromatic carbocycles. The monoisotopic (exact) mass is 355 g/mol. The number of hydrogen-bond donors (Lipinski definition) is 1. The zero-order valence-corrected chi connectivity index (χ0v) is 15.5. The quantitative estimate of drug-likeness (QED) is 0.696. The van der Waals surface area contributed by atoms with Crippen molar-refractivity contribution < 1.29 is 5.11 Å². The molecule has 27 heavy (non-hydrogen) atoms. The number of benzene rings is 3. The molecule has 0 fully saturated rings. The summed E-state index contributed by atoms with van der Waals surface area (Å²) in [7, 11) is 0. The third-order valence-electron chi connectivity index (χ3n) is 5.35. The maximum absolute atomic E-state index is 9.93. The van der Waals surface area contributed by atoms with E-state index in [0.717, 1.165) is 19.5 Å². The second-order valence-electron chi connectivity index (χ2n) is 7.13. The topological polar surface area (TPSA) is 23.5 Å². The van der Waals surface area contributed by atoms with Gasteiger partial charge in [0.25, 0.3) is 0 Å². The summed E-state index contributed by atoms with van der Waals surface area (Å²) in [5.41, 5.74) is 6.36. The molecule has 136 valence electrons. The molecule has 1 N–H and O–H groups in total. The van der Waals surface area contributed by atoms with Crippen LogP contribution in [-0.2, 0) is 6.54 Å². The molecule has 1 aliphatic heterocycles. The van der Waals surface area contributed by atoms with Crippen LogP contribution in [0.1, 0.15) is 17.5 Å². The number of hydrogen-bond acceptors (Lipinski definition) is 2. The number of aliphatic hydroxyl groups excluding tert-OH is 1. The Balaban J connectivity index is 1.49. The SMILES string of the molecule is OCC1CC(c2ccc(-c3ccccc3)cc2)=CCN1Cc1ccccc1. The first kappa shape index (κ1) is 17.7. The Morgan fingerprint density at radius 1 is 0.741 bits per heavy atom. The maximum atomic E-state index is 9.93. The highest BCUT2D eigenvalue weighted by molar-refractivity contribution is 5.71. The smallest absolute Gasteiger partial charge is 0.0590 e. The van der Waals surface area contributed by atoms with Gasteiger partial charge in [0.15, 0.2) is 0 Å². The molecule has 1 aliphatic rings. The minimum Gasteiger partial charge on any atom is -0.395 e. The normalized spacial score (nSPS) is 17.5. The standard InChI is InChI=1S/C25H25NO/c27-19-25-17-24(15-16-26(25)18-20-7-3-1-4-8-20)23-13-11-22(12-14-23)21-9-5-2-6-10-21/h1-15,25,27H,16-19H2. The Labute approximate surface area is 161 Å². The first-order chi connectivity index (χ1) is 13.3. The van der Waals surface area contributed by atoms with Gasteiger partial charge in [0.2, 0.25) is 0 Å². The molecule has 0 aliphatic carbocycles. The lowest BCUT2D eigenvalue weighted by atomic mass is 9.92. The molecule has 3 aromatic rings. The van der Waals surface area contributed by atoms with Gasteiger partial charge < -0.3 is 5.11 Å². The summed E-state index contributed by atoms with van der Waals surface area (Å²) in [6.45, 7) is 1.94. The van der Waals surface area contributed by atoms with Gasteiger partial charge in [0.1, 0.15) is 0 Å². The summed E-state index contributed by atoms with van der Waals surface area (Å²) in [5, 5.41) is 9.93. The van der Waals surface area contributed by atoms with Crippen LogP contribution in [-0.4, -0.2) is 29.2 Å². The first-order valence-corrected chi connectivity index (χ1v) is 9.57. The minimum atomic E-state index is 0.166. The van der Waals surface area contributed by atoms with Gasteiger partial charge in [-0.1, -0.05) is 91.0 Å². The molecule has 0 bridgehead atoms. The third kappa shape index (κ3) is 4.19. The summed E-state index contributed by atoms with van der Waals surface area (Å²) in [5.74, 6) is 0. The van der Waals surface area contributed by atoms with Crippen molar-refractivity contribution in [3.8, 4) is 11.1 Å². The molecule has 2 nitrogen and oxygen atoms in total. The molecular formula is C25H25NO. The molecule has 0 radical (unpaired) electrons. The minimum absolute atomic E-state index is 0.166. The molecule has 0 spiro atoms. The van der Waals surface area contributed by atoms with Crippen LogP contribution in [0.5, 0.6) is 0 Å². The predicted octanol–water partition coefficient (Wildman–Crippen LogP) is 5.00.